The Bertz CT molecular complexity index is 1120. The van der Waals surface area contributed by atoms with Crippen LogP contribution in [0.15, 0.2) is 60.7 Å². The first-order valence-electron chi connectivity index (χ1n) is 8.71. The third kappa shape index (κ3) is 4.10. The van der Waals surface area contributed by atoms with Gasteiger partial charge in [-0.15, -0.1) is 0 Å². The molecule has 1 unspecified atom stereocenters. The van der Waals surface area contributed by atoms with E-state index in [4.69, 9.17) is 32.7 Å². The number of hydrogen-bond donors (Lipinski definition) is 0. The minimum atomic E-state index is -2.77. The van der Waals surface area contributed by atoms with Gasteiger partial charge in [0.25, 0.3) is 0 Å². The maximum atomic E-state index is 13.2. The third-order valence-electron chi connectivity index (χ3n) is 4.38. The second-order valence-electron chi connectivity index (χ2n) is 6.09. The van der Waals surface area contributed by atoms with E-state index in [0.29, 0.717) is 5.56 Å². The minimum absolute atomic E-state index is 0.00975. The standard InChI is InChI=1S/C22H16Cl2O5P/c1-28-16-9-6-10-17(29-2)18(16)22(26)30(27)21-15(23)12-11-14(19(21)24)20(25)13-7-4-3-5-8-13/h3-12H,1-2H3/q+1. The van der Waals surface area contributed by atoms with Crippen molar-refractivity contribution in [1.82, 2.24) is 0 Å². The molecule has 30 heavy (non-hydrogen) atoms. The summed E-state index contributed by atoms with van der Waals surface area (Å²) in [6.07, 6.45) is 0. The molecule has 152 valence electrons. The fourth-order valence-corrected chi connectivity index (χ4v) is 5.02. The van der Waals surface area contributed by atoms with Gasteiger partial charge in [0.05, 0.1) is 19.2 Å². The van der Waals surface area contributed by atoms with Gasteiger partial charge in [-0.3, -0.25) is 4.79 Å². The zero-order valence-electron chi connectivity index (χ0n) is 16.0. The van der Waals surface area contributed by atoms with Crippen LogP contribution in [0.1, 0.15) is 26.3 Å². The lowest BCUT2D eigenvalue weighted by Gasteiger charge is -2.09. The molecule has 1 atom stereocenters. The monoisotopic (exact) mass is 461 g/mol. The smallest absolute Gasteiger partial charge is 0.462 e. The Kier molecular flexibility index (Phi) is 6.88. The molecule has 0 saturated heterocycles. The minimum Gasteiger partial charge on any atom is -0.496 e. The predicted octanol–water partition coefficient (Wildman–Crippen LogP) is 5.53. The number of ketones is 1. The molecule has 0 aliphatic heterocycles. The molecule has 3 rings (SSSR count). The molecular weight excluding hydrogens is 446 g/mol. The average molecular weight is 462 g/mol. The lowest BCUT2D eigenvalue weighted by Crippen LogP contribution is -2.13. The van der Waals surface area contributed by atoms with Crippen molar-refractivity contribution in [3.8, 4) is 11.5 Å². The van der Waals surface area contributed by atoms with Crippen LogP contribution >= 0.6 is 31.0 Å². The van der Waals surface area contributed by atoms with E-state index in [-0.39, 0.29) is 43.8 Å². The van der Waals surface area contributed by atoms with Crippen molar-refractivity contribution in [2.75, 3.05) is 14.2 Å². The molecule has 0 heterocycles. The second kappa shape index (κ2) is 9.40. The molecule has 8 heteroatoms. The van der Waals surface area contributed by atoms with E-state index in [1.165, 1.54) is 26.4 Å². The fourth-order valence-electron chi connectivity index (χ4n) is 2.91. The third-order valence-corrected chi connectivity index (χ3v) is 6.81. The Hall–Kier alpha value is -2.72. The van der Waals surface area contributed by atoms with Gasteiger partial charge in [-0.05, 0) is 24.3 Å². The number of carbonyl (C=O) groups excluding carboxylic acids is 2. The lowest BCUT2D eigenvalue weighted by atomic mass is 10.0. The number of rotatable bonds is 7. The molecule has 0 amide bonds. The molecule has 0 aromatic heterocycles. The predicted molar refractivity (Wildman–Crippen MR) is 117 cm³/mol. The highest BCUT2D eigenvalue weighted by molar-refractivity contribution is 7.72. The molecule has 5 nitrogen and oxygen atoms in total. The number of hydrogen-bond acceptors (Lipinski definition) is 5. The van der Waals surface area contributed by atoms with Crippen molar-refractivity contribution in [2.24, 2.45) is 0 Å². The average Bonchev–Trinajstić information content (AvgIpc) is 2.78. The Morgan fingerprint density at radius 2 is 1.43 bits per heavy atom. The Labute approximate surface area is 184 Å². The summed E-state index contributed by atoms with van der Waals surface area (Å²) < 4.78 is 23.7. The summed E-state index contributed by atoms with van der Waals surface area (Å²) in [7, 11) is -0.000290. The molecule has 3 aromatic carbocycles. The van der Waals surface area contributed by atoms with E-state index < -0.39 is 13.3 Å². The van der Waals surface area contributed by atoms with Gasteiger partial charge in [0, 0.05) is 11.1 Å². The van der Waals surface area contributed by atoms with Crippen LogP contribution in [0.25, 0.3) is 0 Å². The molecule has 0 aliphatic carbocycles. The highest BCUT2D eigenvalue weighted by atomic mass is 35.5. The lowest BCUT2D eigenvalue weighted by molar-refractivity contribution is 0.103. The van der Waals surface area contributed by atoms with E-state index >= 15 is 0 Å². The summed E-state index contributed by atoms with van der Waals surface area (Å²) in [6.45, 7) is 0. The van der Waals surface area contributed by atoms with Crippen molar-refractivity contribution in [3.63, 3.8) is 0 Å². The summed E-state index contributed by atoms with van der Waals surface area (Å²) in [4.78, 5) is 26.0. The second-order valence-corrected chi connectivity index (χ2v) is 8.32. The quantitative estimate of drug-likeness (QED) is 0.341. The zero-order valence-corrected chi connectivity index (χ0v) is 18.4. The molecule has 0 spiro atoms. The van der Waals surface area contributed by atoms with E-state index in [1.807, 2.05) is 0 Å². The number of benzene rings is 3. The van der Waals surface area contributed by atoms with Gasteiger partial charge in [-0.25, -0.2) is 4.79 Å². The van der Waals surface area contributed by atoms with Gasteiger partial charge >= 0.3 is 13.3 Å². The maximum absolute atomic E-state index is 13.2. The first kappa shape index (κ1) is 22.0. The number of methoxy groups -OCH3 is 2. The van der Waals surface area contributed by atoms with Crippen LogP contribution < -0.4 is 14.8 Å². The van der Waals surface area contributed by atoms with E-state index in [2.05, 4.69) is 0 Å². The highest BCUT2D eigenvalue weighted by Gasteiger charge is 2.42. The molecule has 0 aliphatic rings. The van der Waals surface area contributed by atoms with Gasteiger partial charge < -0.3 is 9.47 Å². The summed E-state index contributed by atoms with van der Waals surface area (Å²) in [5.74, 6) is 0.0298. The molecule has 0 fully saturated rings. The molecular formula is C22H16Cl2O5P+. The number of carbonyl (C=O) groups is 2. The van der Waals surface area contributed by atoms with Gasteiger partial charge in [0.15, 0.2) is 11.3 Å². The van der Waals surface area contributed by atoms with E-state index in [1.54, 1.807) is 48.5 Å². The van der Waals surface area contributed by atoms with E-state index in [0.717, 1.165) is 0 Å². The molecule has 0 bridgehead atoms. The SMILES string of the molecule is COc1cccc(OC)c1C(=O)[P+](=O)c1c(Cl)ccc(C(=O)c2ccccc2)c1Cl. The number of ether oxygens (including phenoxy) is 2. The maximum Gasteiger partial charge on any atom is 0.462 e. The van der Waals surface area contributed by atoms with Crippen molar-refractivity contribution < 1.29 is 23.6 Å². The van der Waals surface area contributed by atoms with Crippen molar-refractivity contribution >= 4 is 47.6 Å². The summed E-state index contributed by atoms with van der Waals surface area (Å²) in [5.41, 5.74) is -0.256. The molecule has 0 saturated carbocycles. The fraction of sp³-hybridized carbons (Fsp3) is 0.0909. The van der Waals surface area contributed by atoms with Crippen molar-refractivity contribution in [2.45, 2.75) is 0 Å². The largest absolute Gasteiger partial charge is 0.496 e. The van der Waals surface area contributed by atoms with Gasteiger partial charge in [0.1, 0.15) is 16.5 Å². The van der Waals surface area contributed by atoms with Crippen LogP contribution in [-0.2, 0) is 4.57 Å². The van der Waals surface area contributed by atoms with Crippen LogP contribution in [-0.4, -0.2) is 25.5 Å². The summed E-state index contributed by atoms with van der Waals surface area (Å²) in [5, 5.41) is -0.208. The topological polar surface area (TPSA) is 69.7 Å². The first-order valence-corrected chi connectivity index (χ1v) is 10.7. The zero-order chi connectivity index (χ0) is 21.8. The molecule has 0 N–H and O–H groups in total. The van der Waals surface area contributed by atoms with Crippen LogP contribution in [0.3, 0.4) is 0 Å². The highest BCUT2D eigenvalue weighted by Crippen LogP contribution is 2.40. The number of halogens is 2. The summed E-state index contributed by atoms with van der Waals surface area (Å²) >= 11 is 12.7. The van der Waals surface area contributed by atoms with E-state index in [9.17, 15) is 14.2 Å². The molecule has 0 radical (unpaired) electrons. The van der Waals surface area contributed by atoms with Crippen molar-refractivity contribution in [1.29, 1.82) is 0 Å². The van der Waals surface area contributed by atoms with Crippen LogP contribution in [0, 0.1) is 0 Å². The van der Waals surface area contributed by atoms with Gasteiger partial charge in [0.2, 0.25) is 5.30 Å². The first-order chi connectivity index (χ1) is 14.4. The Morgan fingerprint density at radius 1 is 0.833 bits per heavy atom. The van der Waals surface area contributed by atoms with Crippen LogP contribution in [0.5, 0.6) is 11.5 Å². The molecule has 3 aromatic rings. The normalized spacial score (nSPS) is 11.0. The Morgan fingerprint density at radius 3 is 2.00 bits per heavy atom. The van der Waals surface area contributed by atoms with Gasteiger partial charge in [-0.2, -0.15) is 0 Å². The van der Waals surface area contributed by atoms with Crippen molar-refractivity contribution in [3.05, 3.63) is 87.4 Å². The van der Waals surface area contributed by atoms with Crippen LogP contribution in [0.4, 0.5) is 0 Å². The van der Waals surface area contributed by atoms with Gasteiger partial charge in [-0.1, -0.05) is 64.2 Å². The summed E-state index contributed by atoms with van der Waals surface area (Å²) in [6, 6.07) is 16.1. The Balaban J connectivity index is 2.10. The van der Waals surface area contributed by atoms with Crippen LogP contribution in [0.2, 0.25) is 10.0 Å².